The molecule has 3 heteroatoms. The summed E-state index contributed by atoms with van der Waals surface area (Å²) in [6, 6.07) is 4.62. The Morgan fingerprint density at radius 3 is 2.58 bits per heavy atom. The number of nitrogens with one attached hydrogen (secondary N) is 1. The lowest BCUT2D eigenvalue weighted by Crippen LogP contribution is -2.59. The van der Waals surface area contributed by atoms with Crippen LogP contribution in [0.3, 0.4) is 0 Å². The molecule has 2 aliphatic rings. The lowest BCUT2D eigenvalue weighted by atomic mass is 9.83. The van der Waals surface area contributed by atoms with Gasteiger partial charge in [0, 0.05) is 18.0 Å². The van der Waals surface area contributed by atoms with Gasteiger partial charge in [0.25, 0.3) is 0 Å². The number of nitrogens with zero attached hydrogens (tertiary/aromatic N) is 1. The summed E-state index contributed by atoms with van der Waals surface area (Å²) in [6.07, 6.45) is 11.0. The van der Waals surface area contributed by atoms with Crippen molar-refractivity contribution >= 4 is 0 Å². The normalized spacial score (nSPS) is 24.9. The van der Waals surface area contributed by atoms with Crippen LogP contribution in [-0.4, -0.2) is 36.6 Å². The van der Waals surface area contributed by atoms with Crippen molar-refractivity contribution in [3.05, 3.63) is 24.2 Å². The summed E-state index contributed by atoms with van der Waals surface area (Å²) in [7, 11) is 2.11. The van der Waals surface area contributed by atoms with Crippen LogP contribution < -0.4 is 5.32 Å². The van der Waals surface area contributed by atoms with Crippen molar-refractivity contribution in [2.75, 3.05) is 20.1 Å². The highest BCUT2D eigenvalue weighted by molar-refractivity contribution is 5.10. The van der Waals surface area contributed by atoms with Gasteiger partial charge in [-0.1, -0.05) is 12.8 Å². The van der Waals surface area contributed by atoms with E-state index in [4.69, 9.17) is 4.42 Å². The second kappa shape index (κ2) is 5.68. The minimum absolute atomic E-state index is 0.373. The standard InChI is InChI=1S/C16H26N2O/c1-17-15(13-14-7-6-12-19-14)16(8-2-3-9-16)18-10-4-5-11-18/h6-7,12,15,17H,2-5,8-11,13H2,1H3. The van der Waals surface area contributed by atoms with Gasteiger partial charge in [-0.2, -0.15) is 0 Å². The Labute approximate surface area is 116 Å². The number of hydrogen-bond acceptors (Lipinski definition) is 3. The van der Waals surface area contributed by atoms with Crippen molar-refractivity contribution in [3.63, 3.8) is 0 Å². The molecule has 0 radical (unpaired) electrons. The molecule has 3 rings (SSSR count). The Bertz CT molecular complexity index is 375. The summed E-state index contributed by atoms with van der Waals surface area (Å²) in [5.74, 6) is 1.12. The average Bonchev–Trinajstić information content (AvgIpc) is 3.15. The van der Waals surface area contributed by atoms with Gasteiger partial charge in [0.15, 0.2) is 0 Å². The molecule has 1 saturated carbocycles. The number of hydrogen-bond donors (Lipinski definition) is 1. The fourth-order valence-electron chi connectivity index (χ4n) is 4.23. The maximum Gasteiger partial charge on any atom is 0.105 e. The van der Waals surface area contributed by atoms with Gasteiger partial charge in [-0.15, -0.1) is 0 Å². The fraction of sp³-hybridized carbons (Fsp3) is 0.750. The van der Waals surface area contributed by atoms with Crippen molar-refractivity contribution in [1.29, 1.82) is 0 Å². The van der Waals surface area contributed by atoms with Gasteiger partial charge in [0.05, 0.1) is 6.26 Å². The van der Waals surface area contributed by atoms with E-state index in [1.165, 1.54) is 51.6 Å². The molecule has 1 atom stereocenters. The lowest BCUT2D eigenvalue weighted by molar-refractivity contribution is 0.0776. The number of furan rings is 1. The van der Waals surface area contributed by atoms with Crippen LogP contribution in [0, 0.1) is 0 Å². The van der Waals surface area contributed by atoms with Crippen LogP contribution in [0.5, 0.6) is 0 Å². The van der Waals surface area contributed by atoms with Crippen LogP contribution in [0.25, 0.3) is 0 Å². The minimum Gasteiger partial charge on any atom is -0.469 e. The van der Waals surface area contributed by atoms with E-state index < -0.39 is 0 Å². The Hall–Kier alpha value is -0.800. The molecule has 1 aliphatic carbocycles. The van der Waals surface area contributed by atoms with E-state index in [1.54, 1.807) is 6.26 Å². The molecule has 106 valence electrons. The summed E-state index contributed by atoms with van der Waals surface area (Å²) in [6.45, 7) is 2.58. The van der Waals surface area contributed by atoms with Crippen LogP contribution in [-0.2, 0) is 6.42 Å². The second-order valence-electron chi connectivity index (χ2n) is 6.13. The quantitative estimate of drug-likeness (QED) is 0.884. The van der Waals surface area contributed by atoms with Crippen molar-refractivity contribution < 1.29 is 4.42 Å². The zero-order chi connectivity index (χ0) is 13.1. The summed E-state index contributed by atoms with van der Waals surface area (Å²) in [5.41, 5.74) is 0.373. The highest BCUT2D eigenvalue weighted by atomic mass is 16.3. The van der Waals surface area contributed by atoms with Crippen LogP contribution >= 0.6 is 0 Å². The van der Waals surface area contributed by atoms with E-state index in [0.29, 0.717) is 11.6 Å². The first kappa shape index (κ1) is 13.2. The Morgan fingerprint density at radius 1 is 1.26 bits per heavy atom. The first-order valence-corrected chi connectivity index (χ1v) is 7.80. The summed E-state index contributed by atoms with van der Waals surface area (Å²) in [5, 5.41) is 3.60. The van der Waals surface area contributed by atoms with Crippen LogP contribution in [0.2, 0.25) is 0 Å². The van der Waals surface area contributed by atoms with E-state index in [1.807, 2.05) is 6.07 Å². The monoisotopic (exact) mass is 262 g/mol. The van der Waals surface area contributed by atoms with E-state index in [0.717, 1.165) is 12.2 Å². The third-order valence-corrected chi connectivity index (χ3v) is 5.19. The maximum atomic E-state index is 5.57. The highest BCUT2D eigenvalue weighted by Crippen LogP contribution is 2.40. The van der Waals surface area contributed by atoms with Gasteiger partial charge in [-0.05, 0) is 58.0 Å². The maximum absolute atomic E-state index is 5.57. The second-order valence-corrected chi connectivity index (χ2v) is 6.13. The minimum atomic E-state index is 0.373. The van der Waals surface area contributed by atoms with Gasteiger partial charge in [-0.3, -0.25) is 4.90 Å². The topological polar surface area (TPSA) is 28.4 Å². The Kier molecular flexibility index (Phi) is 3.94. The lowest BCUT2D eigenvalue weighted by Gasteiger charge is -2.45. The molecular weight excluding hydrogens is 236 g/mol. The largest absolute Gasteiger partial charge is 0.469 e. The predicted octanol–water partition coefficient (Wildman–Crippen LogP) is 2.82. The smallest absolute Gasteiger partial charge is 0.105 e. The SMILES string of the molecule is CNC(Cc1ccco1)C1(N2CCCC2)CCCC1. The van der Waals surface area contributed by atoms with Gasteiger partial charge in [-0.25, -0.2) is 0 Å². The van der Waals surface area contributed by atoms with Crippen LogP contribution in [0.15, 0.2) is 22.8 Å². The first-order chi connectivity index (χ1) is 9.35. The zero-order valence-electron chi connectivity index (χ0n) is 12.0. The van der Waals surface area contributed by atoms with E-state index >= 15 is 0 Å². The number of rotatable bonds is 5. The third-order valence-electron chi connectivity index (χ3n) is 5.19. The molecule has 1 unspecified atom stereocenters. The van der Waals surface area contributed by atoms with Crippen molar-refractivity contribution in [3.8, 4) is 0 Å². The van der Waals surface area contributed by atoms with Gasteiger partial charge in [0.1, 0.15) is 5.76 Å². The Balaban J connectivity index is 1.80. The van der Waals surface area contributed by atoms with Gasteiger partial charge in [0.2, 0.25) is 0 Å². The highest BCUT2D eigenvalue weighted by Gasteiger charge is 2.46. The molecule has 0 bridgehead atoms. The molecule has 2 heterocycles. The molecule has 1 aromatic heterocycles. The molecule has 1 saturated heterocycles. The van der Waals surface area contributed by atoms with E-state index in [9.17, 15) is 0 Å². The molecule has 19 heavy (non-hydrogen) atoms. The molecule has 1 N–H and O–H groups in total. The van der Waals surface area contributed by atoms with E-state index in [2.05, 4.69) is 23.3 Å². The molecule has 2 fully saturated rings. The first-order valence-electron chi connectivity index (χ1n) is 7.80. The van der Waals surface area contributed by atoms with Gasteiger partial charge < -0.3 is 9.73 Å². The molecule has 0 amide bonds. The molecule has 1 aromatic rings. The Morgan fingerprint density at radius 2 is 2.00 bits per heavy atom. The molecule has 1 aliphatic heterocycles. The van der Waals surface area contributed by atoms with Crippen LogP contribution in [0.1, 0.15) is 44.3 Å². The molecule has 0 aromatic carbocycles. The van der Waals surface area contributed by atoms with Crippen molar-refractivity contribution in [2.24, 2.45) is 0 Å². The number of likely N-dealkylation sites (tertiary alicyclic amines) is 1. The molecular formula is C16H26N2O. The van der Waals surface area contributed by atoms with Gasteiger partial charge >= 0.3 is 0 Å². The molecule has 3 nitrogen and oxygen atoms in total. The van der Waals surface area contributed by atoms with Crippen LogP contribution in [0.4, 0.5) is 0 Å². The zero-order valence-corrected chi connectivity index (χ0v) is 12.0. The summed E-state index contributed by atoms with van der Waals surface area (Å²) >= 11 is 0. The van der Waals surface area contributed by atoms with E-state index in [-0.39, 0.29) is 0 Å². The average molecular weight is 262 g/mol. The number of likely N-dealkylation sites (N-methyl/N-ethyl adjacent to an activating group) is 1. The molecule has 0 spiro atoms. The summed E-state index contributed by atoms with van der Waals surface area (Å²) in [4.78, 5) is 2.77. The van der Waals surface area contributed by atoms with Crippen molar-refractivity contribution in [2.45, 2.75) is 56.5 Å². The third kappa shape index (κ3) is 2.46. The fourth-order valence-corrected chi connectivity index (χ4v) is 4.23. The predicted molar refractivity (Wildman–Crippen MR) is 77.3 cm³/mol. The summed E-state index contributed by atoms with van der Waals surface area (Å²) < 4.78 is 5.57. The van der Waals surface area contributed by atoms with Crippen molar-refractivity contribution in [1.82, 2.24) is 10.2 Å².